The monoisotopic (exact) mass is 420 g/mol. The maximum absolute atomic E-state index is 13.4. The Morgan fingerprint density at radius 1 is 1.17 bits per heavy atom. The van der Waals surface area contributed by atoms with Gasteiger partial charge in [0.1, 0.15) is 5.82 Å². The summed E-state index contributed by atoms with van der Waals surface area (Å²) in [6.45, 7) is 13.1. The highest BCUT2D eigenvalue weighted by atomic mass is 19.3. The fourth-order valence-corrected chi connectivity index (χ4v) is 5.06. The highest BCUT2D eigenvalue weighted by Crippen LogP contribution is 2.28. The van der Waals surface area contributed by atoms with Crippen LogP contribution in [0.4, 0.5) is 8.78 Å². The second-order valence-corrected chi connectivity index (χ2v) is 8.87. The lowest BCUT2D eigenvalue weighted by Gasteiger charge is -2.43. The molecule has 3 aliphatic heterocycles. The lowest BCUT2D eigenvalue weighted by atomic mass is 10.00. The molecule has 0 spiro atoms. The van der Waals surface area contributed by atoms with Crippen LogP contribution in [-0.2, 0) is 0 Å². The van der Waals surface area contributed by atoms with Crippen molar-refractivity contribution in [1.29, 1.82) is 5.26 Å². The molecule has 0 atom stereocenters. The van der Waals surface area contributed by atoms with E-state index in [9.17, 15) is 14.0 Å². The molecule has 6 nitrogen and oxygen atoms in total. The molecule has 3 rings (SSSR count). The first-order valence-electron chi connectivity index (χ1n) is 11.3. The van der Waals surface area contributed by atoms with Crippen molar-refractivity contribution in [3.05, 3.63) is 22.9 Å². The summed E-state index contributed by atoms with van der Waals surface area (Å²) in [5, 5.41) is 9.51. The maximum atomic E-state index is 13.4. The Hall–Kier alpha value is -1.90. The molecule has 0 radical (unpaired) electrons. The van der Waals surface area contributed by atoms with E-state index < -0.39 is 5.92 Å². The topological polar surface area (TPSA) is 41.1 Å². The Morgan fingerprint density at radius 3 is 2.43 bits per heavy atom. The smallest absolute Gasteiger partial charge is 0.300 e. The van der Waals surface area contributed by atoms with Crippen molar-refractivity contribution in [3.8, 4) is 6.07 Å². The first-order chi connectivity index (χ1) is 14.4. The average Bonchev–Trinajstić information content (AvgIpc) is 3.11. The van der Waals surface area contributed by atoms with Gasteiger partial charge in [-0.3, -0.25) is 4.90 Å². The molecule has 3 fully saturated rings. The Balaban J connectivity index is 1.55. The molecule has 3 heterocycles. The van der Waals surface area contributed by atoms with Crippen molar-refractivity contribution < 1.29 is 8.78 Å². The van der Waals surface area contributed by atoms with Gasteiger partial charge in [-0.25, -0.2) is 18.9 Å². The molecule has 0 aromatic carbocycles. The number of allylic oxidation sites excluding steroid dienone is 1. The molecule has 0 unspecified atom stereocenters. The summed E-state index contributed by atoms with van der Waals surface area (Å²) < 4.78 is 26.8. The molecule has 0 N–H and O–H groups in total. The van der Waals surface area contributed by atoms with E-state index in [0.717, 1.165) is 32.4 Å². The molecule has 166 valence electrons. The normalized spacial score (nSPS) is 24.2. The van der Waals surface area contributed by atoms with E-state index in [4.69, 9.17) is 6.57 Å². The van der Waals surface area contributed by atoms with E-state index in [1.54, 1.807) is 4.90 Å². The van der Waals surface area contributed by atoms with Crippen LogP contribution in [0, 0.1) is 17.9 Å². The van der Waals surface area contributed by atoms with Crippen LogP contribution in [0.3, 0.4) is 0 Å². The Labute approximate surface area is 179 Å². The van der Waals surface area contributed by atoms with E-state index in [0.29, 0.717) is 31.5 Å². The Morgan fingerprint density at radius 2 is 1.87 bits per heavy atom. The van der Waals surface area contributed by atoms with Gasteiger partial charge in [0, 0.05) is 52.2 Å². The molecule has 8 heteroatoms. The summed E-state index contributed by atoms with van der Waals surface area (Å²) in [4.78, 5) is 12.1. The van der Waals surface area contributed by atoms with Crippen LogP contribution in [0.1, 0.15) is 44.9 Å². The first-order valence-corrected chi connectivity index (χ1v) is 11.3. The standard InChI is InChI=1S/C22H34F2N6/c1-26-20(17-25)21(27(2)10-6-11-28-16-9-22(23,24)18-28)30-14-7-19(8-15-30)29-12-4-3-5-13-29/h19H,3-16,18H2,2H3. The van der Waals surface area contributed by atoms with Gasteiger partial charge in [-0.05, 0) is 45.2 Å². The molecule has 3 aliphatic rings. The number of likely N-dealkylation sites (tertiary alicyclic amines) is 3. The van der Waals surface area contributed by atoms with Crippen LogP contribution in [0.25, 0.3) is 4.85 Å². The lowest BCUT2D eigenvalue weighted by molar-refractivity contribution is 0.0120. The van der Waals surface area contributed by atoms with E-state index in [-0.39, 0.29) is 18.7 Å². The van der Waals surface area contributed by atoms with Crippen LogP contribution in [0.5, 0.6) is 0 Å². The second kappa shape index (κ2) is 10.4. The lowest BCUT2D eigenvalue weighted by Crippen LogP contribution is -2.48. The van der Waals surface area contributed by atoms with Gasteiger partial charge < -0.3 is 14.7 Å². The predicted molar refractivity (Wildman–Crippen MR) is 113 cm³/mol. The van der Waals surface area contributed by atoms with Crippen molar-refractivity contribution >= 4 is 0 Å². The van der Waals surface area contributed by atoms with Gasteiger partial charge in [0.2, 0.25) is 0 Å². The molecule has 0 bridgehead atoms. The number of halogens is 2. The van der Waals surface area contributed by atoms with Gasteiger partial charge in [-0.15, -0.1) is 0 Å². The SMILES string of the molecule is [C-]#[N+]C(C#N)=C(N(C)CCCN1CCC(F)(F)C1)N1CCC(N2CCCCC2)CC1. The van der Waals surface area contributed by atoms with Crippen molar-refractivity contribution in [1.82, 2.24) is 19.6 Å². The van der Waals surface area contributed by atoms with Gasteiger partial charge in [-0.1, -0.05) is 6.42 Å². The zero-order chi connectivity index (χ0) is 21.6. The van der Waals surface area contributed by atoms with Crippen LogP contribution in [-0.4, -0.2) is 91.0 Å². The third-order valence-electron chi connectivity index (χ3n) is 6.68. The number of nitrogens with zero attached hydrogens (tertiary/aromatic N) is 6. The van der Waals surface area contributed by atoms with E-state index in [1.807, 2.05) is 11.9 Å². The van der Waals surface area contributed by atoms with Crippen LogP contribution >= 0.6 is 0 Å². The van der Waals surface area contributed by atoms with Gasteiger partial charge >= 0.3 is 5.70 Å². The van der Waals surface area contributed by atoms with Crippen LogP contribution in [0.15, 0.2) is 11.5 Å². The minimum absolute atomic E-state index is 0.0593. The quantitative estimate of drug-likeness (QED) is 0.467. The maximum Gasteiger partial charge on any atom is 0.300 e. The fraction of sp³-hybridized carbons (Fsp3) is 0.818. The summed E-state index contributed by atoms with van der Waals surface area (Å²) >= 11 is 0. The van der Waals surface area contributed by atoms with Gasteiger partial charge in [0.15, 0.2) is 0 Å². The molecule has 0 aromatic heterocycles. The van der Waals surface area contributed by atoms with Gasteiger partial charge in [0.25, 0.3) is 5.92 Å². The van der Waals surface area contributed by atoms with Crippen molar-refractivity contribution in [3.63, 3.8) is 0 Å². The minimum atomic E-state index is -2.56. The number of nitriles is 1. The third-order valence-corrected chi connectivity index (χ3v) is 6.68. The summed E-state index contributed by atoms with van der Waals surface area (Å²) in [6.07, 6.45) is 6.68. The first kappa shape index (κ1) is 22.8. The van der Waals surface area contributed by atoms with Crippen molar-refractivity contribution in [2.45, 2.75) is 56.9 Å². The number of alkyl halides is 2. The number of piperidine rings is 2. The highest BCUT2D eigenvalue weighted by molar-refractivity contribution is 5.32. The van der Waals surface area contributed by atoms with E-state index in [2.05, 4.69) is 20.7 Å². The van der Waals surface area contributed by atoms with E-state index in [1.165, 1.54) is 32.4 Å². The summed E-state index contributed by atoms with van der Waals surface area (Å²) in [7, 11) is 1.91. The Bertz CT molecular complexity index is 665. The zero-order valence-electron chi connectivity index (χ0n) is 18.1. The van der Waals surface area contributed by atoms with Crippen LogP contribution in [0.2, 0.25) is 0 Å². The number of rotatable bonds is 7. The van der Waals surface area contributed by atoms with Crippen molar-refractivity contribution in [2.24, 2.45) is 0 Å². The molecule has 0 aliphatic carbocycles. The number of hydrogen-bond donors (Lipinski definition) is 0. The second-order valence-electron chi connectivity index (χ2n) is 8.87. The molecule has 0 amide bonds. The van der Waals surface area contributed by atoms with Gasteiger partial charge in [0.05, 0.1) is 19.2 Å². The fourth-order valence-electron chi connectivity index (χ4n) is 5.06. The van der Waals surface area contributed by atoms with Crippen molar-refractivity contribution in [2.75, 3.05) is 59.4 Å². The molecule has 30 heavy (non-hydrogen) atoms. The molecular formula is C22H34F2N6. The summed E-state index contributed by atoms with van der Waals surface area (Å²) in [6, 6.07) is 2.67. The summed E-state index contributed by atoms with van der Waals surface area (Å²) in [5.74, 6) is -1.86. The average molecular weight is 421 g/mol. The molecule has 0 saturated carbocycles. The van der Waals surface area contributed by atoms with Crippen LogP contribution < -0.4 is 0 Å². The minimum Gasteiger partial charge on any atom is -0.369 e. The number of hydrogen-bond acceptors (Lipinski definition) is 5. The van der Waals surface area contributed by atoms with E-state index >= 15 is 0 Å². The molecule has 3 saturated heterocycles. The molecular weight excluding hydrogens is 386 g/mol. The third kappa shape index (κ3) is 5.83. The highest BCUT2D eigenvalue weighted by Gasteiger charge is 2.37. The predicted octanol–water partition coefficient (Wildman–Crippen LogP) is 3.21. The largest absolute Gasteiger partial charge is 0.369 e. The Kier molecular flexibility index (Phi) is 7.91. The van der Waals surface area contributed by atoms with Gasteiger partial charge in [-0.2, -0.15) is 0 Å². The molecule has 0 aromatic rings. The summed E-state index contributed by atoms with van der Waals surface area (Å²) in [5.41, 5.74) is 0.127. The zero-order valence-corrected chi connectivity index (χ0v) is 18.1.